The maximum absolute atomic E-state index is 13.4. The molecule has 0 aromatic heterocycles. The number of hydrogen-bond donors (Lipinski definition) is 5. The summed E-state index contributed by atoms with van der Waals surface area (Å²) in [6.45, 7) is 11.5. The fraction of sp³-hybridized carbons (Fsp3) is 0.548. The predicted octanol–water partition coefficient (Wildman–Crippen LogP) is 7.67. The smallest absolute Gasteiger partial charge is 0.407 e. The van der Waals surface area contributed by atoms with Crippen molar-refractivity contribution in [2.45, 2.75) is 111 Å². The molecule has 5 N–H and O–H groups in total. The fourth-order valence-electron chi connectivity index (χ4n) is 7.18. The number of cyclic esters (lactones) is 2. The molecule has 0 bridgehead atoms. The van der Waals surface area contributed by atoms with Crippen LogP contribution in [0.1, 0.15) is 134 Å². The lowest BCUT2D eigenvalue weighted by Gasteiger charge is -2.42. The Morgan fingerprint density at radius 3 is 1.66 bits per heavy atom. The lowest BCUT2D eigenvalue weighted by Crippen LogP contribution is -2.60. The second kappa shape index (κ2) is 21.3. The Labute approximate surface area is 338 Å². The molecule has 2 aliphatic rings. The number of nitrogens with zero attached hydrogens (tertiary/aromatic N) is 2. The Bertz CT molecular complexity index is 1860. The highest BCUT2D eigenvalue weighted by Crippen LogP contribution is 2.34. The highest BCUT2D eigenvalue weighted by molar-refractivity contribution is 6.17. The van der Waals surface area contributed by atoms with E-state index in [9.17, 15) is 38.7 Å². The standard InChI is InChI=1S/C21H29N3O5.C21H27N3O5/c2*1-4-5-6-11-15(17(26)18-21(2,3)12-29-20(28)23-18)16(25)13-9-7-8-10-14(13)19(27)24-22/h7-10,15,17-18,22,26H,4-6,11-12H2,1-3H3,(H,23,28);7-10,15,18,22H,4-6,11-12H2,1-3H3,(H,23,28)/t15-,17?,18?;15-,18?/m00/s1. The molecule has 4 rings (SSSR count). The Morgan fingerprint density at radius 2 is 1.16 bits per heavy atom. The van der Waals surface area contributed by atoms with Gasteiger partial charge in [-0.2, -0.15) is 0 Å². The predicted molar refractivity (Wildman–Crippen MR) is 211 cm³/mol. The number of amides is 4. The minimum atomic E-state index is -1.15. The minimum Gasteiger partial charge on any atom is -0.449 e. The Kier molecular flexibility index (Phi) is 17.2. The summed E-state index contributed by atoms with van der Waals surface area (Å²) in [5, 5.41) is 22.2. The average Bonchev–Trinajstić information content (AvgIpc) is 3.21. The van der Waals surface area contributed by atoms with Crippen LogP contribution in [0.4, 0.5) is 9.59 Å². The Balaban J connectivity index is 0.000000310. The van der Waals surface area contributed by atoms with E-state index in [-0.39, 0.29) is 35.5 Å². The number of rotatable bonds is 18. The molecule has 16 heteroatoms. The molecule has 0 radical (unpaired) electrons. The first-order chi connectivity index (χ1) is 27.4. The zero-order valence-corrected chi connectivity index (χ0v) is 34.1. The number of unbranched alkanes of at least 4 members (excludes halogenated alkanes) is 4. The number of ketones is 3. The molecular weight excluding hydrogens is 748 g/mol. The van der Waals surface area contributed by atoms with Crippen LogP contribution in [-0.4, -0.2) is 77.9 Å². The van der Waals surface area contributed by atoms with Gasteiger partial charge in [0, 0.05) is 22.0 Å². The minimum absolute atomic E-state index is 0.00364. The van der Waals surface area contributed by atoms with Crippen LogP contribution >= 0.6 is 0 Å². The van der Waals surface area contributed by atoms with Crippen molar-refractivity contribution in [2.75, 3.05) is 13.2 Å². The summed E-state index contributed by atoms with van der Waals surface area (Å²) >= 11 is 0. The van der Waals surface area contributed by atoms with E-state index in [2.05, 4.69) is 20.9 Å². The van der Waals surface area contributed by atoms with Crippen molar-refractivity contribution in [1.82, 2.24) is 10.6 Å². The van der Waals surface area contributed by atoms with E-state index in [0.29, 0.717) is 19.3 Å². The average molecular weight is 805 g/mol. The molecule has 3 unspecified atom stereocenters. The molecule has 2 saturated heterocycles. The van der Waals surface area contributed by atoms with Gasteiger partial charge in [0.05, 0.1) is 41.2 Å². The molecule has 16 nitrogen and oxygen atoms in total. The molecule has 2 aromatic carbocycles. The van der Waals surface area contributed by atoms with Gasteiger partial charge in [-0.1, -0.05) is 116 Å². The summed E-state index contributed by atoms with van der Waals surface area (Å²) in [5.41, 5.74) is 13.0. The molecule has 0 aliphatic carbocycles. The van der Waals surface area contributed by atoms with Gasteiger partial charge in [-0.25, -0.2) is 20.7 Å². The van der Waals surface area contributed by atoms with Crippen LogP contribution in [0.3, 0.4) is 0 Å². The summed E-state index contributed by atoms with van der Waals surface area (Å²) in [5.74, 6) is -4.75. The van der Waals surface area contributed by atoms with Crippen LogP contribution in [0, 0.1) is 33.7 Å². The molecule has 2 fully saturated rings. The van der Waals surface area contributed by atoms with Gasteiger partial charge in [0.15, 0.2) is 17.3 Å². The number of aliphatic hydroxyl groups excluding tert-OH is 1. The molecule has 4 amide bonds. The lowest BCUT2D eigenvalue weighted by molar-refractivity contribution is -0.128. The van der Waals surface area contributed by atoms with Crippen LogP contribution in [0.2, 0.25) is 0 Å². The Hall–Kier alpha value is -5.51. The molecule has 2 aliphatic heterocycles. The number of benzene rings is 2. The second-order valence-corrected chi connectivity index (χ2v) is 16.0. The lowest BCUT2D eigenvalue weighted by atomic mass is 9.74. The van der Waals surface area contributed by atoms with Gasteiger partial charge in [-0.05, 0) is 25.0 Å². The molecule has 58 heavy (non-hydrogen) atoms. The van der Waals surface area contributed by atoms with Crippen molar-refractivity contribution < 1.29 is 48.1 Å². The normalized spacial score (nSPS) is 19.5. The van der Waals surface area contributed by atoms with E-state index in [4.69, 9.17) is 20.5 Å². The van der Waals surface area contributed by atoms with Gasteiger partial charge in [-0.3, -0.25) is 24.0 Å². The molecule has 5 atom stereocenters. The third-order valence-electron chi connectivity index (χ3n) is 10.6. The van der Waals surface area contributed by atoms with Crippen molar-refractivity contribution in [3.63, 3.8) is 0 Å². The SMILES string of the molecule is CCCCC[C@@H](C(=O)c1ccccc1C(=O)N=N)C(=O)C1NC(=O)OCC1(C)C.CCCCC[C@@H](C(=O)c1ccccc1C(=O)N=N)C(O)C1NC(=O)OCC1(C)C. The fourth-order valence-corrected chi connectivity index (χ4v) is 7.18. The van der Waals surface area contributed by atoms with Gasteiger partial charge in [-0.15, -0.1) is 10.2 Å². The van der Waals surface area contributed by atoms with E-state index >= 15 is 0 Å². The third kappa shape index (κ3) is 11.8. The number of alkyl carbamates (subject to hydrolysis) is 2. The molecular formula is C42H56N6O10. The molecule has 2 heterocycles. The zero-order chi connectivity index (χ0) is 43.2. The maximum atomic E-state index is 13.4. The first-order valence-electron chi connectivity index (χ1n) is 19.6. The third-order valence-corrected chi connectivity index (χ3v) is 10.6. The van der Waals surface area contributed by atoms with Crippen LogP contribution < -0.4 is 10.6 Å². The number of Topliss-reactive ketones (excluding diaryl/α,β-unsaturated/α-hetero) is 3. The quantitative estimate of drug-likeness (QED) is 0.0425. The van der Waals surface area contributed by atoms with Gasteiger partial charge in [0.2, 0.25) is 0 Å². The number of ether oxygens (including phenoxy) is 2. The van der Waals surface area contributed by atoms with Crippen LogP contribution in [0.15, 0.2) is 58.8 Å². The number of carbonyl (C=O) groups is 7. The van der Waals surface area contributed by atoms with E-state index in [1.165, 1.54) is 24.3 Å². The zero-order valence-electron chi connectivity index (χ0n) is 34.1. The molecule has 2 aromatic rings. The number of hydrogen-bond acceptors (Lipinski definition) is 12. The largest absolute Gasteiger partial charge is 0.449 e. The van der Waals surface area contributed by atoms with Crippen molar-refractivity contribution in [3.05, 3.63) is 70.8 Å². The van der Waals surface area contributed by atoms with E-state index in [0.717, 1.165) is 32.1 Å². The van der Waals surface area contributed by atoms with Gasteiger partial charge in [0.1, 0.15) is 13.2 Å². The topological polar surface area (TPSA) is 255 Å². The van der Waals surface area contributed by atoms with Crippen molar-refractivity contribution in [1.29, 1.82) is 11.1 Å². The van der Waals surface area contributed by atoms with Crippen molar-refractivity contribution in [2.24, 2.45) is 32.9 Å². The maximum Gasteiger partial charge on any atom is 0.407 e. The van der Waals surface area contributed by atoms with E-state index < -0.39 is 82.2 Å². The molecule has 0 spiro atoms. The van der Waals surface area contributed by atoms with Crippen molar-refractivity contribution >= 4 is 41.4 Å². The summed E-state index contributed by atoms with van der Waals surface area (Å²) < 4.78 is 10.0. The van der Waals surface area contributed by atoms with E-state index in [1.807, 2.05) is 27.7 Å². The van der Waals surface area contributed by atoms with Crippen molar-refractivity contribution in [3.8, 4) is 0 Å². The summed E-state index contributed by atoms with van der Waals surface area (Å²) in [6, 6.07) is 10.7. The number of aliphatic hydroxyl groups is 1. The monoisotopic (exact) mass is 804 g/mol. The summed E-state index contributed by atoms with van der Waals surface area (Å²) in [4.78, 5) is 87.6. The van der Waals surface area contributed by atoms with Crippen LogP contribution in [0.25, 0.3) is 0 Å². The first kappa shape index (κ1) is 46.9. The van der Waals surface area contributed by atoms with Gasteiger partial charge in [0.25, 0.3) is 11.8 Å². The second-order valence-electron chi connectivity index (χ2n) is 16.0. The first-order valence-corrected chi connectivity index (χ1v) is 19.6. The highest BCUT2D eigenvalue weighted by Gasteiger charge is 2.47. The summed E-state index contributed by atoms with van der Waals surface area (Å²) in [6.07, 6.45) is 3.25. The van der Waals surface area contributed by atoms with Crippen LogP contribution in [-0.2, 0) is 14.3 Å². The Morgan fingerprint density at radius 1 is 0.707 bits per heavy atom. The number of nitrogens with one attached hydrogen (secondary N) is 4. The van der Waals surface area contributed by atoms with Crippen LogP contribution in [0.5, 0.6) is 0 Å². The summed E-state index contributed by atoms with van der Waals surface area (Å²) in [7, 11) is 0. The van der Waals surface area contributed by atoms with Gasteiger partial charge >= 0.3 is 12.2 Å². The van der Waals surface area contributed by atoms with Gasteiger partial charge < -0.3 is 25.2 Å². The molecule has 0 saturated carbocycles. The highest BCUT2D eigenvalue weighted by atomic mass is 16.6. The van der Waals surface area contributed by atoms with E-state index in [1.54, 1.807) is 38.1 Å². The molecule has 314 valence electrons. The number of carbonyl (C=O) groups excluding carboxylic acids is 7.